The van der Waals surface area contributed by atoms with Crippen molar-refractivity contribution in [3.63, 3.8) is 0 Å². The Morgan fingerprint density at radius 2 is 2.07 bits per heavy atom. The van der Waals surface area contributed by atoms with Crippen molar-refractivity contribution in [2.24, 2.45) is 11.5 Å². The van der Waals surface area contributed by atoms with Gasteiger partial charge in [-0.15, -0.1) is 0 Å². The van der Waals surface area contributed by atoms with Gasteiger partial charge in [-0.25, -0.2) is 0 Å². The van der Waals surface area contributed by atoms with Crippen molar-refractivity contribution in [2.45, 2.75) is 25.8 Å². The Labute approximate surface area is 84.1 Å². The quantitative estimate of drug-likeness (QED) is 0.750. The van der Waals surface area contributed by atoms with Gasteiger partial charge in [0, 0.05) is 12.5 Å². The van der Waals surface area contributed by atoms with Crippen molar-refractivity contribution in [1.29, 1.82) is 0 Å². The molecule has 76 valence electrons. The Balaban J connectivity index is 2.87. The minimum absolute atomic E-state index is 0.205. The molecule has 0 aliphatic carbocycles. The maximum atomic E-state index is 10.7. The highest BCUT2D eigenvalue weighted by atomic mass is 16.1. The van der Waals surface area contributed by atoms with E-state index in [1.54, 1.807) is 0 Å². The summed E-state index contributed by atoms with van der Waals surface area (Å²) in [6.07, 6.45) is 1.12. The predicted octanol–water partition coefficient (Wildman–Crippen LogP) is 1.12. The number of aryl methyl sites for hydroxylation is 1. The summed E-state index contributed by atoms with van der Waals surface area (Å²) < 4.78 is 0. The number of rotatable bonds is 4. The molecule has 0 spiro atoms. The second-order valence-electron chi connectivity index (χ2n) is 3.33. The largest absolute Gasteiger partial charge is 0.370 e. The van der Waals surface area contributed by atoms with Crippen LogP contribution in [0.15, 0.2) is 24.3 Å². The Morgan fingerprint density at radius 1 is 1.43 bits per heavy atom. The lowest BCUT2D eigenvalue weighted by Crippen LogP contribution is -2.21. The fraction of sp³-hybridized carbons (Fsp3) is 0.364. The van der Waals surface area contributed by atoms with Gasteiger partial charge in [0.15, 0.2) is 0 Å². The normalized spacial score (nSPS) is 12.4. The second kappa shape index (κ2) is 4.77. The monoisotopic (exact) mass is 192 g/mol. The molecule has 14 heavy (non-hydrogen) atoms. The maximum Gasteiger partial charge on any atom is 0.219 e. The molecule has 0 saturated heterocycles. The third-order valence-electron chi connectivity index (χ3n) is 2.26. The maximum absolute atomic E-state index is 10.7. The number of primary amides is 1. The van der Waals surface area contributed by atoms with Crippen LogP contribution in [0, 0.1) is 0 Å². The number of carbonyl (C=O) groups excluding carboxylic acids is 1. The number of nitrogens with two attached hydrogens (primary N) is 2. The molecule has 0 fully saturated rings. The van der Waals surface area contributed by atoms with E-state index in [1.165, 1.54) is 5.56 Å². The lowest BCUT2D eigenvalue weighted by Gasteiger charge is -2.13. The van der Waals surface area contributed by atoms with Crippen LogP contribution in [0.1, 0.15) is 30.5 Å². The lowest BCUT2D eigenvalue weighted by atomic mass is 9.97. The molecule has 1 atom stereocenters. The molecular formula is C11H16N2O. The molecule has 0 aromatic heterocycles. The zero-order valence-electron chi connectivity index (χ0n) is 8.36. The minimum Gasteiger partial charge on any atom is -0.370 e. The summed E-state index contributed by atoms with van der Waals surface area (Å²) in [5.41, 5.74) is 13.2. The molecule has 0 aliphatic heterocycles. The molecule has 0 radical (unpaired) electrons. The minimum atomic E-state index is -0.358. The highest BCUT2D eigenvalue weighted by Crippen LogP contribution is 2.18. The number of carbonyl (C=O) groups is 1. The third-order valence-corrected chi connectivity index (χ3v) is 2.26. The van der Waals surface area contributed by atoms with Crippen LogP contribution in [0.2, 0.25) is 0 Å². The Hall–Kier alpha value is -1.35. The average Bonchev–Trinajstić information content (AvgIpc) is 2.16. The summed E-state index contributed by atoms with van der Waals surface area (Å²) in [4.78, 5) is 10.7. The topological polar surface area (TPSA) is 69.1 Å². The molecular weight excluding hydrogens is 176 g/mol. The molecule has 1 amide bonds. The first-order chi connectivity index (χ1) is 6.65. The molecule has 0 aliphatic rings. The number of hydrogen-bond acceptors (Lipinski definition) is 2. The molecule has 1 aromatic carbocycles. The van der Waals surface area contributed by atoms with E-state index in [1.807, 2.05) is 24.3 Å². The zero-order valence-corrected chi connectivity index (χ0v) is 8.36. The molecule has 4 N–H and O–H groups in total. The van der Waals surface area contributed by atoms with Gasteiger partial charge in [-0.2, -0.15) is 0 Å². The van der Waals surface area contributed by atoms with Gasteiger partial charge in [-0.05, 0) is 17.5 Å². The fourth-order valence-electron chi connectivity index (χ4n) is 1.54. The Kier molecular flexibility index (Phi) is 3.65. The number of benzene rings is 1. The number of amides is 1. The summed E-state index contributed by atoms with van der Waals surface area (Å²) >= 11 is 0. The molecule has 0 saturated carbocycles. The average molecular weight is 192 g/mol. The van der Waals surface area contributed by atoms with Gasteiger partial charge in [0.2, 0.25) is 5.91 Å². The van der Waals surface area contributed by atoms with Crippen LogP contribution < -0.4 is 11.5 Å². The summed E-state index contributed by atoms with van der Waals surface area (Å²) in [5, 5.41) is 0. The highest BCUT2D eigenvalue weighted by molar-refractivity contribution is 5.74. The molecule has 0 bridgehead atoms. The van der Waals surface area contributed by atoms with E-state index in [9.17, 15) is 4.79 Å². The molecule has 3 heteroatoms. The Morgan fingerprint density at radius 3 is 2.64 bits per heavy atom. The first-order valence-corrected chi connectivity index (χ1v) is 4.76. The Bertz CT molecular complexity index is 323. The standard InChI is InChI=1S/C11H16N2O/c1-2-8-5-3-4-6-9(8)10(12)7-11(13)14/h3-6,10H,2,7,12H2,1H3,(H2,13,14)/t10-/m0/s1. The summed E-state index contributed by atoms with van der Waals surface area (Å²) in [6, 6.07) is 7.60. The lowest BCUT2D eigenvalue weighted by molar-refractivity contribution is -0.118. The van der Waals surface area contributed by atoms with Crippen LogP contribution in [0.5, 0.6) is 0 Å². The predicted molar refractivity (Wildman–Crippen MR) is 56.6 cm³/mol. The van der Waals surface area contributed by atoms with Gasteiger partial charge in [-0.3, -0.25) is 4.79 Å². The smallest absolute Gasteiger partial charge is 0.219 e. The van der Waals surface area contributed by atoms with Crippen molar-refractivity contribution in [3.8, 4) is 0 Å². The van der Waals surface area contributed by atoms with Crippen LogP contribution in [0.4, 0.5) is 0 Å². The summed E-state index contributed by atoms with van der Waals surface area (Å²) in [7, 11) is 0. The first kappa shape index (κ1) is 10.7. The van der Waals surface area contributed by atoms with E-state index < -0.39 is 0 Å². The van der Waals surface area contributed by atoms with Gasteiger partial charge >= 0.3 is 0 Å². The first-order valence-electron chi connectivity index (χ1n) is 4.76. The van der Waals surface area contributed by atoms with Crippen molar-refractivity contribution < 1.29 is 4.79 Å². The van der Waals surface area contributed by atoms with E-state index in [0.29, 0.717) is 0 Å². The molecule has 0 heterocycles. The van der Waals surface area contributed by atoms with Crippen LogP contribution >= 0.6 is 0 Å². The van der Waals surface area contributed by atoms with E-state index in [4.69, 9.17) is 11.5 Å². The van der Waals surface area contributed by atoms with Gasteiger partial charge in [0.05, 0.1) is 0 Å². The van der Waals surface area contributed by atoms with Gasteiger partial charge < -0.3 is 11.5 Å². The van der Waals surface area contributed by atoms with Gasteiger partial charge in [0.1, 0.15) is 0 Å². The van der Waals surface area contributed by atoms with E-state index in [-0.39, 0.29) is 18.4 Å². The highest BCUT2D eigenvalue weighted by Gasteiger charge is 2.11. The van der Waals surface area contributed by atoms with Crippen LogP contribution in [-0.4, -0.2) is 5.91 Å². The molecule has 1 rings (SSSR count). The van der Waals surface area contributed by atoms with Crippen LogP contribution in [-0.2, 0) is 11.2 Å². The van der Waals surface area contributed by atoms with Crippen molar-refractivity contribution in [1.82, 2.24) is 0 Å². The zero-order chi connectivity index (χ0) is 10.6. The number of hydrogen-bond donors (Lipinski definition) is 2. The van der Waals surface area contributed by atoms with E-state index in [0.717, 1.165) is 12.0 Å². The van der Waals surface area contributed by atoms with Crippen LogP contribution in [0.3, 0.4) is 0 Å². The SMILES string of the molecule is CCc1ccccc1[C@@H](N)CC(N)=O. The molecule has 0 unspecified atom stereocenters. The van der Waals surface area contributed by atoms with Crippen molar-refractivity contribution in [3.05, 3.63) is 35.4 Å². The van der Waals surface area contributed by atoms with Crippen molar-refractivity contribution in [2.75, 3.05) is 0 Å². The molecule has 3 nitrogen and oxygen atoms in total. The second-order valence-corrected chi connectivity index (χ2v) is 3.33. The van der Waals surface area contributed by atoms with E-state index >= 15 is 0 Å². The summed E-state index contributed by atoms with van der Waals surface area (Å²) in [6.45, 7) is 2.07. The van der Waals surface area contributed by atoms with Gasteiger partial charge in [0.25, 0.3) is 0 Å². The van der Waals surface area contributed by atoms with Gasteiger partial charge in [-0.1, -0.05) is 31.2 Å². The molecule has 1 aromatic rings. The summed E-state index contributed by atoms with van der Waals surface area (Å²) in [5.74, 6) is -0.358. The fourth-order valence-corrected chi connectivity index (χ4v) is 1.54. The van der Waals surface area contributed by atoms with Crippen LogP contribution in [0.25, 0.3) is 0 Å². The van der Waals surface area contributed by atoms with E-state index in [2.05, 4.69) is 6.92 Å². The van der Waals surface area contributed by atoms with Crippen molar-refractivity contribution >= 4 is 5.91 Å². The third kappa shape index (κ3) is 2.57.